The van der Waals surface area contributed by atoms with Crippen LogP contribution in [0.2, 0.25) is 0 Å². The Morgan fingerprint density at radius 1 is 1.40 bits per heavy atom. The lowest BCUT2D eigenvalue weighted by Gasteiger charge is -2.05. The van der Waals surface area contributed by atoms with Crippen LogP contribution in [0.3, 0.4) is 0 Å². The number of ether oxygens (including phenoxy) is 1. The predicted octanol–water partition coefficient (Wildman–Crippen LogP) is 2.48. The zero-order valence-electron chi connectivity index (χ0n) is 8.77. The number of methoxy groups -OCH3 is 1. The third-order valence-electron chi connectivity index (χ3n) is 2.29. The molecule has 0 N–H and O–H groups in total. The van der Waals surface area contributed by atoms with Gasteiger partial charge in [0.15, 0.2) is 0 Å². The van der Waals surface area contributed by atoms with E-state index in [0.717, 1.165) is 11.3 Å². The van der Waals surface area contributed by atoms with Crippen molar-refractivity contribution < 1.29 is 9.57 Å². The van der Waals surface area contributed by atoms with Gasteiger partial charge in [-0.15, -0.1) is 0 Å². The van der Waals surface area contributed by atoms with E-state index in [0.29, 0.717) is 12.5 Å². The van der Waals surface area contributed by atoms with Gasteiger partial charge < -0.3 is 9.57 Å². The third kappa shape index (κ3) is 2.98. The predicted molar refractivity (Wildman–Crippen MR) is 57.9 cm³/mol. The summed E-state index contributed by atoms with van der Waals surface area (Å²) in [6.45, 7) is 0.434. The van der Waals surface area contributed by atoms with Crippen molar-refractivity contribution in [3.63, 3.8) is 0 Å². The maximum Gasteiger partial charge on any atom is 0.145 e. The summed E-state index contributed by atoms with van der Waals surface area (Å²) >= 11 is 0. The molecule has 1 aromatic carbocycles. The Bertz CT molecular complexity index is 345. The first-order chi connectivity index (χ1) is 7.40. The lowest BCUT2D eigenvalue weighted by Crippen LogP contribution is -1.93. The van der Waals surface area contributed by atoms with Crippen molar-refractivity contribution in [1.82, 2.24) is 0 Å². The van der Waals surface area contributed by atoms with Crippen molar-refractivity contribution in [2.24, 2.45) is 11.1 Å². The summed E-state index contributed by atoms with van der Waals surface area (Å²) in [6, 6.07) is 7.76. The van der Waals surface area contributed by atoms with Crippen LogP contribution in [-0.2, 0) is 11.4 Å². The molecule has 1 radical (unpaired) electrons. The van der Waals surface area contributed by atoms with Gasteiger partial charge in [-0.05, 0) is 18.9 Å². The van der Waals surface area contributed by atoms with Crippen molar-refractivity contribution in [3.8, 4) is 5.75 Å². The molecule has 79 valence electrons. The van der Waals surface area contributed by atoms with E-state index >= 15 is 0 Å². The smallest absolute Gasteiger partial charge is 0.145 e. The maximum atomic E-state index is 5.19. The van der Waals surface area contributed by atoms with Gasteiger partial charge in [-0.2, -0.15) is 0 Å². The zero-order valence-corrected chi connectivity index (χ0v) is 8.77. The molecule has 0 bridgehead atoms. The molecule has 0 saturated heterocycles. The summed E-state index contributed by atoms with van der Waals surface area (Å²) in [5, 5.41) is 3.80. The van der Waals surface area contributed by atoms with Gasteiger partial charge in [-0.1, -0.05) is 23.4 Å². The van der Waals surface area contributed by atoms with Crippen LogP contribution in [0.1, 0.15) is 18.4 Å². The molecule has 2 rings (SSSR count). The van der Waals surface area contributed by atoms with Crippen LogP contribution in [0.4, 0.5) is 0 Å². The molecule has 0 heterocycles. The number of rotatable bonds is 5. The summed E-state index contributed by atoms with van der Waals surface area (Å²) in [6.07, 6.45) is 5.32. The Morgan fingerprint density at radius 3 is 2.93 bits per heavy atom. The number of para-hydroxylation sites is 1. The number of hydrogen-bond donors (Lipinski definition) is 0. The van der Waals surface area contributed by atoms with Crippen LogP contribution in [0.15, 0.2) is 29.4 Å². The van der Waals surface area contributed by atoms with Crippen molar-refractivity contribution in [1.29, 1.82) is 0 Å². The van der Waals surface area contributed by atoms with E-state index in [1.807, 2.05) is 24.3 Å². The second-order valence-corrected chi connectivity index (χ2v) is 3.58. The minimum Gasteiger partial charge on any atom is -0.496 e. The summed E-state index contributed by atoms with van der Waals surface area (Å²) in [4.78, 5) is 5.15. The minimum absolute atomic E-state index is 0.434. The van der Waals surface area contributed by atoms with Gasteiger partial charge >= 0.3 is 0 Å². The molecule has 3 nitrogen and oxygen atoms in total. The first-order valence-electron chi connectivity index (χ1n) is 5.09. The largest absolute Gasteiger partial charge is 0.496 e. The van der Waals surface area contributed by atoms with Crippen molar-refractivity contribution in [2.75, 3.05) is 7.11 Å². The van der Waals surface area contributed by atoms with E-state index in [4.69, 9.17) is 9.57 Å². The van der Waals surface area contributed by atoms with Crippen LogP contribution in [0, 0.1) is 5.92 Å². The third-order valence-corrected chi connectivity index (χ3v) is 2.29. The molecule has 1 aromatic rings. The highest BCUT2D eigenvalue weighted by atomic mass is 16.6. The summed E-state index contributed by atoms with van der Waals surface area (Å²) < 4.78 is 5.19. The van der Waals surface area contributed by atoms with Crippen molar-refractivity contribution in [3.05, 3.63) is 29.8 Å². The molecule has 15 heavy (non-hydrogen) atoms. The quantitative estimate of drug-likeness (QED) is 0.545. The van der Waals surface area contributed by atoms with Crippen LogP contribution >= 0.6 is 0 Å². The molecule has 1 aliphatic carbocycles. The fraction of sp³-hybridized carbons (Fsp3) is 0.417. The van der Waals surface area contributed by atoms with Gasteiger partial charge in [0.2, 0.25) is 0 Å². The molecular weight excluding hydrogens is 190 g/mol. The number of benzene rings is 1. The van der Waals surface area contributed by atoms with Crippen LogP contribution in [0.5, 0.6) is 5.75 Å². The van der Waals surface area contributed by atoms with Gasteiger partial charge in [0.25, 0.3) is 0 Å². The van der Waals surface area contributed by atoms with Crippen LogP contribution in [0.25, 0.3) is 0 Å². The first-order valence-corrected chi connectivity index (χ1v) is 5.09. The Hall–Kier alpha value is -1.51. The average Bonchev–Trinajstić information content (AvgIpc) is 3.09. The summed E-state index contributed by atoms with van der Waals surface area (Å²) in [5.41, 5.74) is 1.00. The summed E-state index contributed by atoms with van der Waals surface area (Å²) in [7, 11) is 1.65. The van der Waals surface area contributed by atoms with Gasteiger partial charge in [0, 0.05) is 11.5 Å². The van der Waals surface area contributed by atoms with Crippen molar-refractivity contribution >= 4 is 6.21 Å². The van der Waals surface area contributed by atoms with Gasteiger partial charge in [0.05, 0.1) is 7.11 Å². The molecular formula is C12H14NO2. The van der Waals surface area contributed by atoms with E-state index in [2.05, 4.69) is 11.4 Å². The second kappa shape index (κ2) is 4.82. The van der Waals surface area contributed by atoms with Gasteiger partial charge in [0.1, 0.15) is 18.6 Å². The van der Waals surface area contributed by atoms with E-state index in [1.165, 1.54) is 12.8 Å². The molecule has 0 aliphatic heterocycles. The van der Waals surface area contributed by atoms with E-state index < -0.39 is 0 Å². The standard InChI is InChI=1S/C12H14NO2/c1-14-12-5-3-2-4-11(12)9-15-13-8-10-6-7-10/h2-5,10H,6-7,9H2,1H3. The molecule has 3 heteroatoms. The molecule has 0 spiro atoms. The van der Waals surface area contributed by atoms with Crippen molar-refractivity contribution in [2.45, 2.75) is 19.4 Å². The molecule has 0 amide bonds. The summed E-state index contributed by atoms with van der Waals surface area (Å²) in [5.74, 6) is 1.36. The molecule has 0 atom stereocenters. The van der Waals surface area contributed by atoms with E-state index in [9.17, 15) is 0 Å². The van der Waals surface area contributed by atoms with E-state index in [-0.39, 0.29) is 0 Å². The second-order valence-electron chi connectivity index (χ2n) is 3.58. The van der Waals surface area contributed by atoms with E-state index in [1.54, 1.807) is 7.11 Å². The van der Waals surface area contributed by atoms with Gasteiger partial charge in [-0.3, -0.25) is 0 Å². The molecule has 1 aliphatic rings. The maximum absolute atomic E-state index is 5.19. The lowest BCUT2D eigenvalue weighted by molar-refractivity contribution is 0.129. The lowest BCUT2D eigenvalue weighted by atomic mass is 10.2. The number of hydrogen-bond acceptors (Lipinski definition) is 3. The Morgan fingerprint density at radius 2 is 2.20 bits per heavy atom. The molecule has 1 fully saturated rings. The van der Waals surface area contributed by atoms with Crippen LogP contribution < -0.4 is 4.74 Å². The normalized spacial score (nSPS) is 15.5. The molecule has 0 aromatic heterocycles. The zero-order chi connectivity index (χ0) is 10.5. The average molecular weight is 204 g/mol. The molecule has 0 unspecified atom stereocenters. The van der Waals surface area contributed by atoms with Gasteiger partial charge in [-0.25, -0.2) is 0 Å². The first kappa shape index (κ1) is 10.0. The SMILES string of the molecule is COc1ccccc1CO/N=[C]\C1CC1. The minimum atomic E-state index is 0.434. The monoisotopic (exact) mass is 204 g/mol. The van der Waals surface area contributed by atoms with Crippen LogP contribution in [-0.4, -0.2) is 13.3 Å². The fourth-order valence-corrected chi connectivity index (χ4v) is 1.25. The Kier molecular flexibility index (Phi) is 3.22. The Balaban J connectivity index is 1.85. The highest BCUT2D eigenvalue weighted by Gasteiger charge is 2.19. The number of nitrogens with zero attached hydrogens (tertiary/aromatic N) is 1. The Labute approximate surface area is 89.7 Å². The fourth-order valence-electron chi connectivity index (χ4n) is 1.25. The highest BCUT2D eigenvalue weighted by molar-refractivity contribution is 5.62. The highest BCUT2D eigenvalue weighted by Crippen LogP contribution is 2.26. The topological polar surface area (TPSA) is 30.8 Å². The molecule has 1 saturated carbocycles.